The Hall–Kier alpha value is -8.39. The summed E-state index contributed by atoms with van der Waals surface area (Å²) in [6.45, 7) is 0. The van der Waals surface area contributed by atoms with Crippen molar-refractivity contribution in [2.75, 3.05) is 0 Å². The molecule has 0 unspecified atom stereocenters. The van der Waals surface area contributed by atoms with Gasteiger partial charge >= 0.3 is 0 Å². The minimum atomic E-state index is 0.551. The Balaban J connectivity index is 1.13. The van der Waals surface area contributed by atoms with Crippen LogP contribution in [0.15, 0.2) is 205 Å². The molecule has 0 amide bonds. The third kappa shape index (κ3) is 5.04. The Morgan fingerprint density at radius 1 is 0.375 bits per heavy atom. The average molecular weight is 836 g/mol. The van der Waals surface area contributed by atoms with Crippen LogP contribution in [-0.2, 0) is 0 Å². The molecule has 0 radical (unpaired) electrons. The van der Waals surface area contributed by atoms with E-state index in [4.69, 9.17) is 19.4 Å². The van der Waals surface area contributed by atoms with Gasteiger partial charge in [0.15, 0.2) is 11.6 Å². The SMILES string of the molecule is c1ccc(-c2nc(-c3cccc4sc5ccccc5c34)nc(-n3c4ccccc4c4ccc5c6ccccc6n(-c6cccc7oc8c(-c9ccccc9)cccc8c67)c5c43)n2)cc1. The Labute approximate surface area is 369 Å². The lowest BCUT2D eigenvalue weighted by atomic mass is 10.0. The molecule has 0 atom stereocenters. The Morgan fingerprint density at radius 3 is 1.73 bits per heavy atom. The fourth-order valence-corrected chi connectivity index (χ4v) is 11.2. The molecule has 0 saturated heterocycles. The topological polar surface area (TPSA) is 61.7 Å². The summed E-state index contributed by atoms with van der Waals surface area (Å²) >= 11 is 1.80. The van der Waals surface area contributed by atoms with Crippen LogP contribution in [0.5, 0.6) is 0 Å². The lowest BCUT2D eigenvalue weighted by molar-refractivity contribution is 0.670. The molecule has 0 saturated carbocycles. The highest BCUT2D eigenvalue weighted by molar-refractivity contribution is 7.25. The number of thiophene rings is 1. The number of furan rings is 1. The first kappa shape index (κ1) is 35.2. The van der Waals surface area contributed by atoms with E-state index in [9.17, 15) is 0 Å². The Kier molecular flexibility index (Phi) is 7.46. The zero-order chi connectivity index (χ0) is 41.9. The standard InChI is InChI=1S/C57H33N5OS/c1-3-16-34(17-4-1)36-23-13-24-42-51-46(28-15-29-47(51)63-54(36)42)61-44-26-10-7-20-37(44)39-32-33-40-38-21-8-11-27-45(38)62(53(40)52(39)61)57-59-55(35-18-5-2-6-19-35)58-56(60-57)43-25-14-31-49-50(43)41-22-9-12-30-48(41)64-49/h1-33H. The van der Waals surface area contributed by atoms with Gasteiger partial charge in [0.2, 0.25) is 5.95 Å². The van der Waals surface area contributed by atoms with Gasteiger partial charge in [-0.3, -0.25) is 4.57 Å². The number of hydrogen-bond acceptors (Lipinski definition) is 5. The second kappa shape index (κ2) is 13.6. The van der Waals surface area contributed by atoms with E-state index in [-0.39, 0.29) is 0 Å². The van der Waals surface area contributed by atoms with Gasteiger partial charge in [0, 0.05) is 63.8 Å². The van der Waals surface area contributed by atoms with Gasteiger partial charge in [-0.15, -0.1) is 11.3 Å². The summed E-state index contributed by atoms with van der Waals surface area (Å²) in [4.78, 5) is 16.2. The predicted molar refractivity (Wildman–Crippen MR) is 265 cm³/mol. The fourth-order valence-electron chi connectivity index (χ4n) is 10.1. The molecule has 7 heteroatoms. The monoisotopic (exact) mass is 835 g/mol. The molecule has 0 aliphatic heterocycles. The van der Waals surface area contributed by atoms with E-state index in [1.165, 1.54) is 14.8 Å². The molecular formula is C57H33N5OS. The largest absolute Gasteiger partial charge is 0.455 e. The number of aromatic nitrogens is 5. The number of hydrogen-bond donors (Lipinski definition) is 0. The van der Waals surface area contributed by atoms with Gasteiger partial charge in [0.05, 0.1) is 33.1 Å². The van der Waals surface area contributed by atoms with Crippen LogP contribution in [0.1, 0.15) is 0 Å². The first-order valence-corrected chi connectivity index (χ1v) is 22.3. The van der Waals surface area contributed by atoms with Crippen molar-refractivity contribution in [3.8, 4) is 45.5 Å². The molecule has 14 rings (SSSR count). The van der Waals surface area contributed by atoms with E-state index in [1.807, 2.05) is 18.2 Å². The summed E-state index contributed by atoms with van der Waals surface area (Å²) in [5.41, 5.74) is 11.0. The second-order valence-corrected chi connectivity index (χ2v) is 17.4. The summed E-state index contributed by atoms with van der Waals surface area (Å²) in [5, 5.41) is 8.98. The first-order chi connectivity index (χ1) is 31.8. The second-order valence-electron chi connectivity index (χ2n) is 16.3. The number of fused-ring (bicyclic) bond motifs is 13. The highest BCUT2D eigenvalue weighted by atomic mass is 32.1. The minimum absolute atomic E-state index is 0.551. The summed E-state index contributed by atoms with van der Waals surface area (Å²) in [7, 11) is 0. The Morgan fingerprint density at radius 2 is 0.953 bits per heavy atom. The third-order valence-corrected chi connectivity index (χ3v) is 13.9. The molecule has 0 spiro atoms. The van der Waals surface area contributed by atoms with Gasteiger partial charge in [-0.1, -0.05) is 164 Å². The highest BCUT2D eigenvalue weighted by Crippen LogP contribution is 2.45. The van der Waals surface area contributed by atoms with Crippen molar-refractivity contribution in [2.24, 2.45) is 0 Å². The smallest absolute Gasteiger partial charge is 0.238 e. The molecular weight excluding hydrogens is 803 g/mol. The van der Waals surface area contributed by atoms with Gasteiger partial charge in [-0.25, -0.2) is 4.98 Å². The number of nitrogens with zero attached hydrogens (tertiary/aromatic N) is 5. The van der Waals surface area contributed by atoms with Crippen molar-refractivity contribution in [1.82, 2.24) is 24.1 Å². The van der Waals surface area contributed by atoms with E-state index < -0.39 is 0 Å². The summed E-state index contributed by atoms with van der Waals surface area (Å²) in [5.74, 6) is 1.79. The normalized spacial score (nSPS) is 12.1. The van der Waals surface area contributed by atoms with Crippen LogP contribution in [0.25, 0.3) is 131 Å². The van der Waals surface area contributed by atoms with Crippen molar-refractivity contribution in [1.29, 1.82) is 0 Å². The molecule has 0 fully saturated rings. The quantitative estimate of drug-likeness (QED) is 0.173. The maximum Gasteiger partial charge on any atom is 0.238 e. The van der Waals surface area contributed by atoms with Crippen molar-refractivity contribution >= 4 is 97.1 Å². The van der Waals surface area contributed by atoms with Gasteiger partial charge in [-0.2, -0.15) is 9.97 Å². The molecule has 6 nitrogen and oxygen atoms in total. The number of para-hydroxylation sites is 3. The van der Waals surface area contributed by atoms with Gasteiger partial charge < -0.3 is 8.98 Å². The zero-order valence-electron chi connectivity index (χ0n) is 34.1. The van der Waals surface area contributed by atoms with Crippen molar-refractivity contribution in [3.63, 3.8) is 0 Å². The van der Waals surface area contributed by atoms with Crippen LogP contribution >= 0.6 is 11.3 Å². The van der Waals surface area contributed by atoms with E-state index in [1.54, 1.807) is 11.3 Å². The third-order valence-electron chi connectivity index (χ3n) is 12.8. The van der Waals surface area contributed by atoms with Crippen molar-refractivity contribution in [2.45, 2.75) is 0 Å². The lowest BCUT2D eigenvalue weighted by Gasteiger charge is -2.14. The summed E-state index contributed by atoms with van der Waals surface area (Å²) < 4.78 is 14.0. The van der Waals surface area contributed by atoms with Crippen LogP contribution in [-0.4, -0.2) is 24.1 Å². The fraction of sp³-hybridized carbons (Fsp3) is 0. The van der Waals surface area contributed by atoms with E-state index in [0.717, 1.165) is 98.9 Å². The van der Waals surface area contributed by atoms with E-state index in [2.05, 4.69) is 191 Å². The first-order valence-electron chi connectivity index (χ1n) is 21.4. The van der Waals surface area contributed by atoms with Gasteiger partial charge in [0.25, 0.3) is 0 Å². The highest BCUT2D eigenvalue weighted by Gasteiger charge is 2.26. The maximum atomic E-state index is 6.85. The lowest BCUT2D eigenvalue weighted by Crippen LogP contribution is -2.07. The van der Waals surface area contributed by atoms with Crippen LogP contribution in [0, 0.1) is 0 Å². The summed E-state index contributed by atoms with van der Waals surface area (Å²) in [6.07, 6.45) is 0. The molecule has 0 N–H and O–H groups in total. The minimum Gasteiger partial charge on any atom is -0.455 e. The zero-order valence-corrected chi connectivity index (χ0v) is 34.9. The molecule has 298 valence electrons. The molecule has 5 heterocycles. The number of rotatable bonds is 5. The van der Waals surface area contributed by atoms with Crippen molar-refractivity contribution < 1.29 is 4.42 Å². The van der Waals surface area contributed by atoms with Gasteiger partial charge in [0.1, 0.15) is 11.2 Å². The Bertz CT molecular complexity index is 4200. The predicted octanol–water partition coefficient (Wildman–Crippen LogP) is 15.3. The molecule has 64 heavy (non-hydrogen) atoms. The number of benzene rings is 9. The van der Waals surface area contributed by atoms with E-state index >= 15 is 0 Å². The molecule has 0 bridgehead atoms. The maximum absolute atomic E-state index is 6.85. The van der Waals surface area contributed by atoms with E-state index in [0.29, 0.717) is 17.6 Å². The van der Waals surface area contributed by atoms with Crippen LogP contribution in [0.3, 0.4) is 0 Å². The summed E-state index contributed by atoms with van der Waals surface area (Å²) in [6, 6.07) is 70.6. The molecule has 9 aromatic carbocycles. The van der Waals surface area contributed by atoms with Crippen LogP contribution < -0.4 is 0 Å². The van der Waals surface area contributed by atoms with Crippen LogP contribution in [0.4, 0.5) is 0 Å². The van der Waals surface area contributed by atoms with Gasteiger partial charge in [-0.05, 0) is 42.0 Å². The molecule has 0 aliphatic carbocycles. The molecule has 5 aromatic heterocycles. The molecule has 0 aliphatic rings. The average Bonchev–Trinajstić information content (AvgIpc) is 4.12. The molecule has 14 aromatic rings. The van der Waals surface area contributed by atoms with Crippen molar-refractivity contribution in [3.05, 3.63) is 200 Å². The van der Waals surface area contributed by atoms with Crippen LogP contribution in [0.2, 0.25) is 0 Å².